The Balaban J connectivity index is -0.000000159. The standard InChI is InChI=1S/2C9H17NO3.C9H15NO2.I3.I2.HI/c2*1-6(2)3-7(4-8(10)11)5-9(12)13;1-6(2)3-7-4-8(11)10-9(12)5-7;1-3-2;1-2;/h2*6-7H,3-5H2,1-2H3,(H2,10,11)(H,12,13);6-7H,3-5H2,1-2H3,(H,10,11,12);;;1H/q;;;-1;;/t7-;;;;;/m1...../s1. The number of carbonyl (C=O) groups excluding carboxylic acids is 4. The second-order valence-corrected chi connectivity index (χ2v) is 27.7. The Kier molecular flexibility index (Phi) is 44.5. The topological polar surface area (TPSA) is 207 Å². The van der Waals surface area contributed by atoms with Crippen LogP contribution in [0.15, 0.2) is 0 Å². The van der Waals surface area contributed by atoms with Crippen LogP contribution >= 0.6 is 98.4 Å². The number of piperidine rings is 1. The van der Waals surface area contributed by atoms with Crippen molar-refractivity contribution in [1.82, 2.24) is 5.32 Å². The molecule has 2 atom stereocenters. The molecule has 0 saturated carbocycles. The molecule has 0 aliphatic carbocycles. The van der Waals surface area contributed by atoms with E-state index in [9.17, 15) is 28.8 Å². The van der Waals surface area contributed by atoms with E-state index in [1.54, 1.807) is 0 Å². The monoisotopic (exact) mass is 1310 g/mol. The summed E-state index contributed by atoms with van der Waals surface area (Å²) in [7, 11) is 0. The Labute approximate surface area is 333 Å². The fourth-order valence-corrected chi connectivity index (χ4v) is 4.56. The van der Waals surface area contributed by atoms with E-state index in [1.807, 2.05) is 27.7 Å². The van der Waals surface area contributed by atoms with Gasteiger partial charge in [0.1, 0.15) is 0 Å². The van der Waals surface area contributed by atoms with E-state index < -0.39 is 23.8 Å². The van der Waals surface area contributed by atoms with E-state index in [1.165, 1.54) is 0 Å². The Morgan fingerprint density at radius 1 is 0.750 bits per heavy atom. The van der Waals surface area contributed by atoms with E-state index in [0.717, 1.165) is 19.3 Å². The molecule has 17 heteroatoms. The Hall–Kier alpha value is 1.40. The van der Waals surface area contributed by atoms with E-state index in [0.29, 0.717) is 43.9 Å². The molecule has 1 aliphatic heterocycles. The second kappa shape index (κ2) is 35.7. The van der Waals surface area contributed by atoms with Gasteiger partial charge < -0.3 is 21.7 Å². The molecule has 0 radical (unpaired) electrons. The van der Waals surface area contributed by atoms with Gasteiger partial charge in [0.2, 0.25) is 23.6 Å². The van der Waals surface area contributed by atoms with Crippen LogP contribution in [0.1, 0.15) is 99.3 Å². The number of nitrogens with two attached hydrogens (primary N) is 2. The number of hydrogen-bond acceptors (Lipinski definition) is 6. The van der Waals surface area contributed by atoms with Crippen LogP contribution in [0.4, 0.5) is 0 Å². The first-order valence-electron chi connectivity index (χ1n) is 13.7. The molecule has 4 amide bonds. The van der Waals surface area contributed by atoms with Crippen LogP contribution in [0.2, 0.25) is 0 Å². The Bertz CT molecular complexity index is 730. The van der Waals surface area contributed by atoms with Gasteiger partial charge in [-0.25, -0.2) is 0 Å². The van der Waals surface area contributed by atoms with Crippen LogP contribution in [-0.4, -0.2) is 45.8 Å². The molecule has 1 rings (SSSR count). The summed E-state index contributed by atoms with van der Waals surface area (Å²) in [5.74, 6) is -1.43. The summed E-state index contributed by atoms with van der Waals surface area (Å²) < 4.78 is 0. The molecule has 0 spiro atoms. The van der Waals surface area contributed by atoms with Gasteiger partial charge in [-0.2, -0.15) is 0 Å². The molecule has 0 aromatic heterocycles. The third kappa shape index (κ3) is 45.5. The number of hydrogen-bond donors (Lipinski definition) is 5. The molecule has 1 fully saturated rings. The predicted molar refractivity (Wildman–Crippen MR) is 215 cm³/mol. The number of primary amides is 2. The fraction of sp³-hybridized carbons (Fsp3) is 0.778. The van der Waals surface area contributed by atoms with Crippen molar-refractivity contribution in [3.8, 4) is 0 Å². The molecule has 264 valence electrons. The summed E-state index contributed by atoms with van der Waals surface area (Å²) in [5.41, 5.74) is 10.0. The number of nitrogens with one attached hydrogen (secondary N) is 1. The number of carboxylic acid groups (broad SMARTS) is 2. The summed E-state index contributed by atoms with van der Waals surface area (Å²) in [6, 6.07) is 0. The van der Waals surface area contributed by atoms with Crippen molar-refractivity contribution in [2.75, 3.05) is 0 Å². The molecule has 1 saturated heterocycles. The first-order valence-corrected chi connectivity index (χ1v) is 32.5. The number of carbonyl (C=O) groups is 6. The summed E-state index contributed by atoms with van der Waals surface area (Å²) in [6.45, 7) is 12.2. The van der Waals surface area contributed by atoms with Gasteiger partial charge in [0, 0.05) is 75.8 Å². The van der Waals surface area contributed by atoms with E-state index in [4.69, 9.17) is 21.7 Å². The predicted octanol–water partition coefficient (Wildman–Crippen LogP) is 4.25. The maximum atomic E-state index is 10.9. The molecule has 7 N–H and O–H groups in total. The minimum absolute atomic E-state index is 0. The molecule has 1 aliphatic rings. The Morgan fingerprint density at radius 3 is 1.25 bits per heavy atom. The third-order valence-electron chi connectivity index (χ3n) is 5.55. The van der Waals surface area contributed by atoms with Gasteiger partial charge in [-0.3, -0.25) is 34.1 Å². The van der Waals surface area contributed by atoms with Crippen molar-refractivity contribution in [1.29, 1.82) is 0 Å². The van der Waals surface area contributed by atoms with Crippen LogP contribution in [0, 0.1) is 35.5 Å². The number of carboxylic acids is 2. The van der Waals surface area contributed by atoms with E-state index in [2.05, 4.69) is 93.6 Å². The SMILES string of the molecule is CC(C)CC(CC(N)=O)CC(=O)O.CC(C)CC1CC(=O)NC(=O)C1.CC(C)C[C@H](CC(N)=O)CC(=O)O.I.II.I[I-]I. The molecule has 1 unspecified atom stereocenters. The summed E-state index contributed by atoms with van der Waals surface area (Å²) in [4.78, 5) is 63.9. The zero-order valence-electron chi connectivity index (χ0n) is 26.1. The molecule has 0 bridgehead atoms. The second-order valence-electron chi connectivity index (χ2n) is 11.5. The van der Waals surface area contributed by atoms with Crippen molar-refractivity contribution in [2.45, 2.75) is 99.3 Å². The van der Waals surface area contributed by atoms with Gasteiger partial charge in [0.15, 0.2) is 0 Å². The van der Waals surface area contributed by atoms with Gasteiger partial charge >= 0.3 is 62.4 Å². The van der Waals surface area contributed by atoms with Crippen LogP contribution in [-0.2, 0) is 28.8 Å². The van der Waals surface area contributed by atoms with Gasteiger partial charge in [0.05, 0.1) is 0 Å². The van der Waals surface area contributed by atoms with E-state index in [-0.39, 0.29) is 79.2 Å². The zero-order valence-corrected chi connectivity index (χ0v) is 39.2. The van der Waals surface area contributed by atoms with Gasteiger partial charge in [-0.1, -0.05) is 41.5 Å². The van der Waals surface area contributed by atoms with E-state index >= 15 is 0 Å². The van der Waals surface area contributed by atoms with Gasteiger partial charge in [0.25, 0.3) is 0 Å². The number of imide groups is 1. The van der Waals surface area contributed by atoms with Crippen molar-refractivity contribution in [2.24, 2.45) is 47.0 Å². The molecule has 0 aromatic rings. The van der Waals surface area contributed by atoms with Crippen LogP contribution in [0.25, 0.3) is 0 Å². The van der Waals surface area contributed by atoms with Crippen molar-refractivity contribution in [3.63, 3.8) is 0 Å². The molecule has 44 heavy (non-hydrogen) atoms. The van der Waals surface area contributed by atoms with Crippen LogP contribution < -0.4 is 30.0 Å². The number of rotatable bonds is 14. The minimum atomic E-state index is -0.869. The third-order valence-corrected chi connectivity index (χ3v) is 5.55. The molecule has 11 nitrogen and oxygen atoms in total. The van der Waals surface area contributed by atoms with Gasteiger partial charge in [-0.05, 0) is 54.8 Å². The van der Waals surface area contributed by atoms with Crippen molar-refractivity contribution < 1.29 is 52.2 Å². The summed E-state index contributed by atoms with van der Waals surface area (Å²) in [6.07, 6.45) is 3.87. The molecular weight excluding hydrogens is 1260 g/mol. The normalized spacial score (nSPS) is 13.7. The van der Waals surface area contributed by atoms with Crippen molar-refractivity contribution in [3.05, 3.63) is 0 Å². The zero-order chi connectivity index (χ0) is 34.7. The number of halogens is 6. The maximum absolute atomic E-state index is 10.9. The van der Waals surface area contributed by atoms with Gasteiger partial charge in [-0.15, -0.1) is 24.0 Å². The summed E-state index contributed by atoms with van der Waals surface area (Å²) >= 11 is 9.54. The quantitative estimate of drug-likeness (QED) is 0.125. The molecular formula is C27H50I6N3O8-. The first-order chi connectivity index (χ1) is 19.8. The fourth-order valence-electron chi connectivity index (χ4n) is 4.56. The van der Waals surface area contributed by atoms with Crippen LogP contribution in [0.5, 0.6) is 0 Å². The number of amides is 4. The molecule has 1 heterocycles. The average Bonchev–Trinajstić information content (AvgIpc) is 2.78. The average molecular weight is 1310 g/mol. The number of aliphatic carboxylic acids is 2. The molecule has 0 aromatic carbocycles. The summed E-state index contributed by atoms with van der Waals surface area (Å²) in [5, 5.41) is 19.4. The van der Waals surface area contributed by atoms with Crippen LogP contribution in [0.3, 0.4) is 0 Å². The van der Waals surface area contributed by atoms with Crippen molar-refractivity contribution >= 4 is 134 Å². The Morgan fingerprint density at radius 2 is 1.05 bits per heavy atom. The first kappa shape index (κ1) is 54.8.